The normalized spacial score (nSPS) is 13.9. The number of carbonyl (C=O) groups is 2. The Balaban J connectivity index is 1.49. The van der Waals surface area contributed by atoms with Gasteiger partial charge in [-0.1, -0.05) is 31.0 Å². The second kappa shape index (κ2) is 8.67. The van der Waals surface area contributed by atoms with Crippen LogP contribution in [-0.4, -0.2) is 18.4 Å². The summed E-state index contributed by atoms with van der Waals surface area (Å²) in [6.07, 6.45) is 6.96. The Morgan fingerprint density at radius 2 is 1.76 bits per heavy atom. The van der Waals surface area contributed by atoms with Crippen molar-refractivity contribution < 1.29 is 14.3 Å². The van der Waals surface area contributed by atoms with Gasteiger partial charge in [0.1, 0.15) is 5.75 Å². The number of rotatable bonds is 4. The van der Waals surface area contributed by atoms with Gasteiger partial charge in [0.2, 0.25) is 0 Å². The van der Waals surface area contributed by atoms with Crippen LogP contribution in [0.5, 0.6) is 5.75 Å². The highest BCUT2D eigenvalue weighted by molar-refractivity contribution is 7.14. The van der Waals surface area contributed by atoms with Gasteiger partial charge in [0.05, 0.1) is 4.88 Å². The van der Waals surface area contributed by atoms with E-state index in [4.69, 9.17) is 4.74 Å². The zero-order chi connectivity index (χ0) is 17.5. The highest BCUT2D eigenvalue weighted by Crippen LogP contribution is 2.28. The molecular formula is C19H22N2O3S. The molecule has 6 heteroatoms. The Bertz CT molecular complexity index is 702. The van der Waals surface area contributed by atoms with Gasteiger partial charge >= 0.3 is 0 Å². The predicted molar refractivity (Wildman–Crippen MR) is 97.7 cm³/mol. The van der Waals surface area contributed by atoms with Gasteiger partial charge in [-0.05, 0) is 49.4 Å². The van der Waals surface area contributed by atoms with Crippen LogP contribution in [0.15, 0.2) is 36.4 Å². The number of carbonyl (C=O) groups excluding carboxylic acids is 2. The summed E-state index contributed by atoms with van der Waals surface area (Å²) in [5.74, 6) is -0.0565. The topological polar surface area (TPSA) is 67.4 Å². The van der Waals surface area contributed by atoms with Gasteiger partial charge in [-0.2, -0.15) is 0 Å². The van der Waals surface area contributed by atoms with Crippen molar-refractivity contribution in [1.29, 1.82) is 0 Å². The Morgan fingerprint density at radius 3 is 2.56 bits per heavy atom. The largest absolute Gasteiger partial charge is 0.484 e. The summed E-state index contributed by atoms with van der Waals surface area (Å²) in [6, 6.07) is 11.0. The minimum Gasteiger partial charge on any atom is -0.484 e. The first-order valence-electron chi connectivity index (χ1n) is 8.61. The molecule has 0 saturated carbocycles. The van der Waals surface area contributed by atoms with Crippen molar-refractivity contribution in [2.24, 2.45) is 0 Å². The number of ether oxygens (including phenoxy) is 1. The van der Waals surface area contributed by atoms with Crippen LogP contribution in [0.25, 0.3) is 0 Å². The predicted octanol–water partition coefficient (Wildman–Crippen LogP) is 3.25. The maximum atomic E-state index is 12.3. The molecule has 25 heavy (non-hydrogen) atoms. The molecule has 0 radical (unpaired) electrons. The van der Waals surface area contributed by atoms with Crippen molar-refractivity contribution in [3.05, 3.63) is 51.7 Å². The molecule has 1 heterocycles. The molecule has 0 unspecified atom stereocenters. The molecule has 0 saturated heterocycles. The molecule has 1 aliphatic rings. The van der Waals surface area contributed by atoms with Crippen molar-refractivity contribution in [3.63, 3.8) is 0 Å². The summed E-state index contributed by atoms with van der Waals surface area (Å²) in [4.78, 5) is 26.0. The molecule has 2 N–H and O–H groups in total. The van der Waals surface area contributed by atoms with Gasteiger partial charge in [-0.3, -0.25) is 20.4 Å². The van der Waals surface area contributed by atoms with E-state index in [2.05, 4.69) is 10.9 Å². The van der Waals surface area contributed by atoms with Crippen LogP contribution in [-0.2, 0) is 17.6 Å². The fourth-order valence-corrected chi connectivity index (χ4v) is 3.99. The highest BCUT2D eigenvalue weighted by atomic mass is 32.1. The quantitative estimate of drug-likeness (QED) is 0.825. The van der Waals surface area contributed by atoms with Crippen LogP contribution in [0.4, 0.5) is 0 Å². The molecule has 0 bridgehead atoms. The molecule has 0 atom stereocenters. The van der Waals surface area contributed by atoms with E-state index in [1.54, 1.807) is 12.1 Å². The van der Waals surface area contributed by atoms with E-state index in [-0.39, 0.29) is 12.5 Å². The third-order valence-electron chi connectivity index (χ3n) is 4.15. The monoisotopic (exact) mass is 358 g/mol. The minimum absolute atomic E-state index is 0.148. The van der Waals surface area contributed by atoms with Gasteiger partial charge < -0.3 is 4.74 Å². The van der Waals surface area contributed by atoms with E-state index in [1.807, 2.05) is 24.3 Å². The average Bonchev–Trinajstić information content (AvgIpc) is 3.01. The van der Waals surface area contributed by atoms with Crippen LogP contribution in [0, 0.1) is 0 Å². The van der Waals surface area contributed by atoms with E-state index in [9.17, 15) is 9.59 Å². The van der Waals surface area contributed by atoms with Crippen LogP contribution in [0.2, 0.25) is 0 Å². The second-order valence-corrected chi connectivity index (χ2v) is 7.21. The number of thiophene rings is 1. The number of hydrogen-bond donors (Lipinski definition) is 2. The molecule has 2 amide bonds. The third-order valence-corrected chi connectivity index (χ3v) is 5.38. The van der Waals surface area contributed by atoms with Crippen molar-refractivity contribution in [2.75, 3.05) is 6.61 Å². The van der Waals surface area contributed by atoms with Gasteiger partial charge in [0.15, 0.2) is 6.61 Å². The summed E-state index contributed by atoms with van der Waals surface area (Å²) in [5.41, 5.74) is 6.15. The summed E-state index contributed by atoms with van der Waals surface area (Å²) in [5, 5.41) is 0. The second-order valence-electron chi connectivity index (χ2n) is 6.08. The zero-order valence-electron chi connectivity index (χ0n) is 14.0. The number of benzene rings is 1. The molecule has 1 aromatic carbocycles. The number of nitrogens with one attached hydrogen (secondary N) is 2. The highest BCUT2D eigenvalue weighted by Gasteiger charge is 2.16. The van der Waals surface area contributed by atoms with Crippen molar-refractivity contribution >= 4 is 23.2 Å². The lowest BCUT2D eigenvalue weighted by Gasteiger charge is -2.08. The van der Waals surface area contributed by atoms with Gasteiger partial charge in [-0.15, -0.1) is 11.3 Å². The summed E-state index contributed by atoms with van der Waals surface area (Å²) >= 11 is 1.53. The Labute approximate surface area is 151 Å². The van der Waals surface area contributed by atoms with Crippen molar-refractivity contribution in [3.8, 4) is 5.75 Å². The van der Waals surface area contributed by atoms with Crippen LogP contribution in [0.3, 0.4) is 0 Å². The summed E-state index contributed by atoms with van der Waals surface area (Å²) < 4.78 is 5.34. The molecule has 132 valence electrons. The number of hydrogen-bond acceptors (Lipinski definition) is 4. The lowest BCUT2D eigenvalue weighted by molar-refractivity contribution is -0.123. The van der Waals surface area contributed by atoms with Crippen LogP contribution < -0.4 is 15.6 Å². The van der Waals surface area contributed by atoms with E-state index in [1.165, 1.54) is 47.5 Å². The standard InChI is InChI=1S/C19H22N2O3S/c22-18(13-24-15-9-5-3-6-10-15)20-21-19(23)17-12-14-8-4-1-2-7-11-16(14)25-17/h3,5-6,9-10,12H,1-2,4,7-8,11,13H2,(H,20,22)(H,21,23). The van der Waals surface area contributed by atoms with E-state index >= 15 is 0 Å². The number of hydrazine groups is 1. The van der Waals surface area contributed by atoms with E-state index in [0.717, 1.165) is 12.8 Å². The number of para-hydroxylation sites is 1. The average molecular weight is 358 g/mol. The maximum Gasteiger partial charge on any atom is 0.279 e. The first-order chi connectivity index (χ1) is 12.2. The Morgan fingerprint density at radius 1 is 1.00 bits per heavy atom. The van der Waals surface area contributed by atoms with E-state index < -0.39 is 5.91 Å². The molecule has 5 nitrogen and oxygen atoms in total. The molecule has 1 aliphatic carbocycles. The van der Waals surface area contributed by atoms with Gasteiger partial charge in [0.25, 0.3) is 11.8 Å². The fraction of sp³-hybridized carbons (Fsp3) is 0.368. The van der Waals surface area contributed by atoms with Crippen molar-refractivity contribution in [2.45, 2.75) is 38.5 Å². The first kappa shape index (κ1) is 17.5. The van der Waals surface area contributed by atoms with Gasteiger partial charge in [-0.25, -0.2) is 0 Å². The number of fused-ring (bicyclic) bond motifs is 1. The number of amides is 2. The van der Waals surface area contributed by atoms with Crippen molar-refractivity contribution in [1.82, 2.24) is 10.9 Å². The van der Waals surface area contributed by atoms with Crippen LogP contribution in [0.1, 0.15) is 45.8 Å². The summed E-state index contributed by atoms with van der Waals surface area (Å²) in [7, 11) is 0. The lowest BCUT2D eigenvalue weighted by atomic mass is 10.00. The Hall–Kier alpha value is -2.34. The SMILES string of the molecule is O=C(COc1ccccc1)NNC(=O)c1cc2c(s1)CCCCCC2. The zero-order valence-corrected chi connectivity index (χ0v) is 14.9. The molecule has 0 fully saturated rings. The lowest BCUT2D eigenvalue weighted by Crippen LogP contribution is -2.43. The minimum atomic E-state index is -0.396. The smallest absolute Gasteiger partial charge is 0.279 e. The summed E-state index contributed by atoms with van der Waals surface area (Å²) in [6.45, 7) is -0.148. The van der Waals surface area contributed by atoms with Gasteiger partial charge in [0, 0.05) is 4.88 Å². The molecule has 3 rings (SSSR count). The molecule has 2 aromatic rings. The maximum absolute atomic E-state index is 12.3. The van der Waals surface area contributed by atoms with E-state index in [0.29, 0.717) is 10.6 Å². The first-order valence-corrected chi connectivity index (χ1v) is 9.42. The molecular weight excluding hydrogens is 336 g/mol. The Kier molecular flexibility index (Phi) is 6.06. The molecule has 0 spiro atoms. The fourth-order valence-electron chi connectivity index (χ4n) is 2.85. The molecule has 0 aliphatic heterocycles. The molecule has 1 aromatic heterocycles. The number of aryl methyl sites for hydroxylation is 2. The van der Waals surface area contributed by atoms with Crippen LogP contribution >= 0.6 is 11.3 Å². The third kappa shape index (κ3) is 5.06.